The molecule has 114 valence electrons. The number of rotatable bonds is 8. The first-order valence-corrected chi connectivity index (χ1v) is 7.76. The van der Waals surface area contributed by atoms with Gasteiger partial charge >= 0.3 is 0 Å². The summed E-state index contributed by atoms with van der Waals surface area (Å²) >= 11 is 6.31. The van der Waals surface area contributed by atoms with Crippen molar-refractivity contribution in [1.29, 1.82) is 0 Å². The number of benzene rings is 1. The summed E-state index contributed by atoms with van der Waals surface area (Å²) in [4.78, 5) is 0. The Labute approximate surface area is 131 Å². The third kappa shape index (κ3) is 4.22. The van der Waals surface area contributed by atoms with Crippen molar-refractivity contribution in [2.45, 2.75) is 32.9 Å². The molecule has 0 spiro atoms. The molecule has 0 aliphatic carbocycles. The largest absolute Gasteiger partial charge is 0.492 e. The fraction of sp³-hybridized carbons (Fsp3) is 0.438. The van der Waals surface area contributed by atoms with Gasteiger partial charge in [-0.25, -0.2) is 0 Å². The van der Waals surface area contributed by atoms with Crippen molar-refractivity contribution >= 4 is 11.6 Å². The molecule has 4 nitrogen and oxygen atoms in total. The van der Waals surface area contributed by atoms with Crippen LogP contribution in [0.2, 0.25) is 5.02 Å². The second-order valence-corrected chi connectivity index (χ2v) is 5.24. The molecule has 1 N–H and O–H groups in total. The summed E-state index contributed by atoms with van der Waals surface area (Å²) < 4.78 is 7.83. The summed E-state index contributed by atoms with van der Waals surface area (Å²) in [5.41, 5.74) is 0.997. The van der Waals surface area contributed by atoms with E-state index < -0.39 is 0 Å². The molecule has 1 atom stereocenters. The van der Waals surface area contributed by atoms with Gasteiger partial charge < -0.3 is 10.1 Å². The molecule has 0 fully saturated rings. The predicted octanol–water partition coefficient (Wildman–Crippen LogP) is 3.68. The Morgan fingerprint density at radius 2 is 2.05 bits per heavy atom. The number of hydrogen-bond acceptors (Lipinski definition) is 3. The Morgan fingerprint density at radius 1 is 1.29 bits per heavy atom. The Morgan fingerprint density at radius 3 is 2.71 bits per heavy atom. The fourth-order valence-electron chi connectivity index (χ4n) is 2.29. The number of halogens is 1. The van der Waals surface area contributed by atoms with E-state index in [1.807, 2.05) is 35.0 Å². The van der Waals surface area contributed by atoms with Crippen LogP contribution in [0.5, 0.6) is 5.75 Å². The average Bonchev–Trinajstić information content (AvgIpc) is 2.86. The molecule has 0 bridgehead atoms. The van der Waals surface area contributed by atoms with Gasteiger partial charge in [-0.15, -0.1) is 0 Å². The normalized spacial score (nSPS) is 12.3. The smallest absolute Gasteiger partial charge is 0.119 e. The Bertz CT molecular complexity index is 542. The molecular weight excluding hydrogens is 286 g/mol. The molecular formula is C16H22ClN3O. The predicted molar refractivity (Wildman–Crippen MR) is 85.9 cm³/mol. The SMILES string of the molecule is CCCn1ncc(Cl)c1C(COc1ccccc1)NCC. The van der Waals surface area contributed by atoms with Gasteiger partial charge in [0.05, 0.1) is 23.0 Å². The molecule has 5 heteroatoms. The highest BCUT2D eigenvalue weighted by Gasteiger charge is 2.20. The second-order valence-electron chi connectivity index (χ2n) is 4.84. The van der Waals surface area contributed by atoms with Crippen LogP contribution < -0.4 is 10.1 Å². The maximum atomic E-state index is 6.31. The van der Waals surface area contributed by atoms with Gasteiger partial charge in [-0.2, -0.15) is 5.10 Å². The molecule has 2 rings (SSSR count). The highest BCUT2D eigenvalue weighted by atomic mass is 35.5. The number of aryl methyl sites for hydroxylation is 1. The van der Waals surface area contributed by atoms with E-state index in [0.29, 0.717) is 11.6 Å². The first-order chi connectivity index (χ1) is 10.3. The molecule has 0 radical (unpaired) electrons. The van der Waals surface area contributed by atoms with Gasteiger partial charge in [-0.05, 0) is 25.1 Å². The number of aromatic nitrogens is 2. The standard InChI is InChI=1S/C16H22ClN3O/c1-3-10-20-16(14(17)11-19-20)15(18-4-2)12-21-13-8-6-5-7-9-13/h5-9,11,15,18H,3-4,10,12H2,1-2H3. The number of ether oxygens (including phenoxy) is 1. The van der Waals surface area contributed by atoms with Crippen LogP contribution in [-0.2, 0) is 6.54 Å². The van der Waals surface area contributed by atoms with Crippen molar-refractivity contribution in [3.8, 4) is 5.75 Å². The number of nitrogens with zero attached hydrogens (tertiary/aromatic N) is 2. The minimum absolute atomic E-state index is 0.0248. The van der Waals surface area contributed by atoms with E-state index in [1.165, 1.54) is 0 Å². The molecule has 1 aromatic heterocycles. The quantitative estimate of drug-likeness (QED) is 0.808. The monoisotopic (exact) mass is 307 g/mol. The average molecular weight is 308 g/mol. The molecule has 0 aliphatic rings. The number of hydrogen-bond donors (Lipinski definition) is 1. The maximum absolute atomic E-state index is 6.31. The molecule has 1 aromatic carbocycles. The third-order valence-corrected chi connectivity index (χ3v) is 3.50. The van der Waals surface area contributed by atoms with Gasteiger partial charge in [-0.1, -0.05) is 43.6 Å². The van der Waals surface area contributed by atoms with Crippen molar-refractivity contribution < 1.29 is 4.74 Å². The maximum Gasteiger partial charge on any atom is 0.119 e. The molecule has 2 aromatic rings. The summed E-state index contributed by atoms with van der Waals surface area (Å²) in [7, 11) is 0. The minimum atomic E-state index is 0.0248. The van der Waals surface area contributed by atoms with E-state index in [9.17, 15) is 0 Å². The first-order valence-electron chi connectivity index (χ1n) is 7.38. The van der Waals surface area contributed by atoms with Crippen LogP contribution in [0.3, 0.4) is 0 Å². The summed E-state index contributed by atoms with van der Waals surface area (Å²) in [5.74, 6) is 0.859. The Kier molecular flexibility index (Phi) is 6.08. The van der Waals surface area contributed by atoms with Crippen LogP contribution >= 0.6 is 11.6 Å². The van der Waals surface area contributed by atoms with E-state index in [2.05, 4.69) is 24.3 Å². The lowest BCUT2D eigenvalue weighted by Crippen LogP contribution is -2.29. The van der Waals surface area contributed by atoms with Gasteiger partial charge in [0.15, 0.2) is 0 Å². The molecule has 0 saturated heterocycles. The van der Waals surface area contributed by atoms with Crippen LogP contribution in [0.1, 0.15) is 32.0 Å². The van der Waals surface area contributed by atoms with Crippen LogP contribution in [0.25, 0.3) is 0 Å². The Hall–Kier alpha value is -1.52. The van der Waals surface area contributed by atoms with E-state index in [4.69, 9.17) is 16.3 Å². The zero-order chi connectivity index (χ0) is 15.1. The lowest BCUT2D eigenvalue weighted by atomic mass is 10.2. The van der Waals surface area contributed by atoms with Gasteiger partial charge in [0.25, 0.3) is 0 Å². The molecule has 1 heterocycles. The summed E-state index contributed by atoms with van der Waals surface area (Å²) in [6.07, 6.45) is 2.73. The summed E-state index contributed by atoms with van der Waals surface area (Å²) in [6, 6.07) is 9.83. The van der Waals surface area contributed by atoms with E-state index >= 15 is 0 Å². The fourth-order valence-corrected chi connectivity index (χ4v) is 2.56. The zero-order valence-electron chi connectivity index (χ0n) is 12.6. The van der Waals surface area contributed by atoms with Crippen molar-refractivity contribution in [2.24, 2.45) is 0 Å². The van der Waals surface area contributed by atoms with Crippen molar-refractivity contribution in [3.63, 3.8) is 0 Å². The lowest BCUT2D eigenvalue weighted by Gasteiger charge is -2.20. The van der Waals surface area contributed by atoms with Crippen LogP contribution in [0.4, 0.5) is 0 Å². The third-order valence-electron chi connectivity index (χ3n) is 3.21. The topological polar surface area (TPSA) is 39.1 Å². The Balaban J connectivity index is 2.13. The highest BCUT2D eigenvalue weighted by Crippen LogP contribution is 2.24. The van der Waals surface area contributed by atoms with Gasteiger partial charge in [0.1, 0.15) is 12.4 Å². The molecule has 0 saturated carbocycles. The van der Waals surface area contributed by atoms with E-state index in [1.54, 1.807) is 6.20 Å². The van der Waals surface area contributed by atoms with Crippen LogP contribution in [-0.4, -0.2) is 22.9 Å². The minimum Gasteiger partial charge on any atom is -0.492 e. The number of likely N-dealkylation sites (N-methyl/N-ethyl adjacent to an activating group) is 1. The highest BCUT2D eigenvalue weighted by molar-refractivity contribution is 6.31. The number of nitrogens with one attached hydrogen (secondary N) is 1. The summed E-state index contributed by atoms with van der Waals surface area (Å²) in [5, 5.41) is 8.46. The second kappa shape index (κ2) is 8.05. The van der Waals surface area contributed by atoms with E-state index in [-0.39, 0.29) is 6.04 Å². The zero-order valence-corrected chi connectivity index (χ0v) is 13.3. The van der Waals surface area contributed by atoms with Crippen LogP contribution in [0, 0.1) is 0 Å². The molecule has 0 aliphatic heterocycles. The number of para-hydroxylation sites is 1. The van der Waals surface area contributed by atoms with Gasteiger partial charge in [0, 0.05) is 6.54 Å². The van der Waals surface area contributed by atoms with Gasteiger partial charge in [-0.3, -0.25) is 4.68 Å². The van der Waals surface area contributed by atoms with E-state index in [0.717, 1.165) is 31.0 Å². The first kappa shape index (κ1) is 15.9. The molecule has 21 heavy (non-hydrogen) atoms. The summed E-state index contributed by atoms with van der Waals surface area (Å²) in [6.45, 7) is 6.42. The lowest BCUT2D eigenvalue weighted by molar-refractivity contribution is 0.260. The van der Waals surface area contributed by atoms with Crippen molar-refractivity contribution in [1.82, 2.24) is 15.1 Å². The van der Waals surface area contributed by atoms with Crippen molar-refractivity contribution in [3.05, 3.63) is 47.2 Å². The molecule has 1 unspecified atom stereocenters. The molecule has 0 amide bonds. The van der Waals surface area contributed by atoms with Gasteiger partial charge in [0.2, 0.25) is 0 Å². The van der Waals surface area contributed by atoms with Crippen molar-refractivity contribution in [2.75, 3.05) is 13.2 Å². The van der Waals surface area contributed by atoms with Crippen LogP contribution in [0.15, 0.2) is 36.5 Å².